The summed E-state index contributed by atoms with van der Waals surface area (Å²) in [4.78, 5) is 30.7. The largest absolute Gasteiger partial charge is 0.353 e. The highest BCUT2D eigenvalue weighted by Crippen LogP contribution is 2.10. The minimum absolute atomic E-state index is 0.0758. The molecule has 2 aliphatic rings. The van der Waals surface area contributed by atoms with Crippen LogP contribution in [0, 0.1) is 0 Å². The first-order valence-corrected chi connectivity index (χ1v) is 8.52. The van der Waals surface area contributed by atoms with Crippen LogP contribution in [0.5, 0.6) is 0 Å². The Morgan fingerprint density at radius 1 is 0.955 bits per heavy atom. The molecule has 2 aliphatic heterocycles. The van der Waals surface area contributed by atoms with Crippen LogP contribution in [-0.2, 0) is 9.59 Å². The van der Waals surface area contributed by atoms with Crippen molar-refractivity contribution in [2.24, 2.45) is 0 Å². The van der Waals surface area contributed by atoms with E-state index in [1.807, 2.05) is 25.7 Å². The van der Waals surface area contributed by atoms with Gasteiger partial charge in [-0.1, -0.05) is 0 Å². The van der Waals surface area contributed by atoms with Crippen molar-refractivity contribution in [1.29, 1.82) is 0 Å². The maximum absolute atomic E-state index is 12.3. The molecule has 126 valence electrons. The number of rotatable bonds is 5. The number of hydrogen-bond acceptors (Lipinski definition) is 4. The van der Waals surface area contributed by atoms with Crippen LogP contribution in [0.1, 0.15) is 33.6 Å². The monoisotopic (exact) mass is 310 g/mol. The Kier molecular flexibility index (Phi) is 6.20. The predicted molar refractivity (Wildman–Crippen MR) is 86.6 cm³/mol. The van der Waals surface area contributed by atoms with Crippen molar-refractivity contribution in [1.82, 2.24) is 20.0 Å². The Morgan fingerprint density at radius 3 is 2.09 bits per heavy atom. The summed E-state index contributed by atoms with van der Waals surface area (Å²) in [6, 6.07) is 0.0384. The summed E-state index contributed by atoms with van der Waals surface area (Å²) in [7, 11) is 0. The van der Waals surface area contributed by atoms with Gasteiger partial charge in [0.1, 0.15) is 0 Å². The summed E-state index contributed by atoms with van der Waals surface area (Å²) in [5, 5.41) is 2.95. The zero-order chi connectivity index (χ0) is 16.1. The van der Waals surface area contributed by atoms with E-state index in [0.29, 0.717) is 6.54 Å². The summed E-state index contributed by atoms with van der Waals surface area (Å²) >= 11 is 0. The smallest absolute Gasteiger partial charge is 0.237 e. The molecule has 2 amide bonds. The summed E-state index contributed by atoms with van der Waals surface area (Å²) in [5.41, 5.74) is 0. The Bertz CT molecular complexity index is 386. The number of hydrogen-bond donors (Lipinski definition) is 1. The Labute approximate surface area is 133 Å². The average molecular weight is 310 g/mol. The Hall–Kier alpha value is -1.14. The highest BCUT2D eigenvalue weighted by atomic mass is 16.2. The molecular formula is C16H30N4O2. The zero-order valence-electron chi connectivity index (χ0n) is 14.2. The molecule has 0 saturated carbocycles. The Balaban J connectivity index is 1.74. The lowest BCUT2D eigenvalue weighted by molar-refractivity contribution is -0.135. The molecule has 22 heavy (non-hydrogen) atoms. The molecule has 1 atom stereocenters. The number of nitrogens with zero attached hydrogens (tertiary/aromatic N) is 3. The quantitative estimate of drug-likeness (QED) is 0.785. The van der Waals surface area contributed by atoms with Gasteiger partial charge in [0.05, 0.1) is 12.6 Å². The van der Waals surface area contributed by atoms with Gasteiger partial charge in [-0.15, -0.1) is 0 Å². The van der Waals surface area contributed by atoms with Gasteiger partial charge in [-0.25, -0.2) is 0 Å². The molecular weight excluding hydrogens is 280 g/mol. The van der Waals surface area contributed by atoms with Crippen LogP contribution in [0.15, 0.2) is 0 Å². The summed E-state index contributed by atoms with van der Waals surface area (Å²) < 4.78 is 0. The number of likely N-dealkylation sites (tertiary alicyclic amines) is 1. The van der Waals surface area contributed by atoms with Gasteiger partial charge in [0.15, 0.2) is 0 Å². The topological polar surface area (TPSA) is 55.9 Å². The van der Waals surface area contributed by atoms with E-state index in [9.17, 15) is 9.59 Å². The molecule has 2 rings (SSSR count). The molecule has 1 unspecified atom stereocenters. The molecule has 2 saturated heterocycles. The molecule has 6 nitrogen and oxygen atoms in total. The molecule has 0 aromatic carbocycles. The maximum atomic E-state index is 12.3. The van der Waals surface area contributed by atoms with E-state index in [2.05, 4.69) is 15.1 Å². The van der Waals surface area contributed by atoms with Crippen LogP contribution in [0.4, 0.5) is 0 Å². The fraction of sp³-hybridized carbons (Fsp3) is 0.875. The van der Waals surface area contributed by atoms with Gasteiger partial charge in [0, 0.05) is 32.2 Å². The number of carbonyl (C=O) groups excluding carboxylic acids is 2. The van der Waals surface area contributed by atoms with Crippen LogP contribution in [-0.4, -0.2) is 84.4 Å². The van der Waals surface area contributed by atoms with Gasteiger partial charge < -0.3 is 10.2 Å². The van der Waals surface area contributed by atoms with E-state index < -0.39 is 0 Å². The average Bonchev–Trinajstić information content (AvgIpc) is 2.98. The van der Waals surface area contributed by atoms with Crippen LogP contribution in [0.25, 0.3) is 0 Å². The third-order valence-corrected chi connectivity index (χ3v) is 4.58. The lowest BCUT2D eigenvalue weighted by Crippen LogP contribution is -2.56. The lowest BCUT2D eigenvalue weighted by Gasteiger charge is -2.38. The van der Waals surface area contributed by atoms with Gasteiger partial charge in [0.25, 0.3) is 0 Å². The molecule has 2 fully saturated rings. The number of carbonyl (C=O) groups is 2. The molecule has 0 radical (unpaired) electrons. The van der Waals surface area contributed by atoms with E-state index >= 15 is 0 Å². The van der Waals surface area contributed by atoms with Crippen LogP contribution >= 0.6 is 0 Å². The SMILES string of the molecule is CC(C)NC(=O)C(C)N1CCN(C(=O)CN2CCCC2)CC1. The molecule has 6 heteroatoms. The van der Waals surface area contributed by atoms with E-state index in [1.54, 1.807) is 0 Å². The van der Waals surface area contributed by atoms with Crippen molar-refractivity contribution >= 4 is 11.8 Å². The molecule has 0 bridgehead atoms. The molecule has 0 aromatic rings. The highest BCUT2D eigenvalue weighted by molar-refractivity contribution is 5.81. The second-order valence-corrected chi connectivity index (χ2v) is 6.74. The van der Waals surface area contributed by atoms with Crippen molar-refractivity contribution in [3.63, 3.8) is 0 Å². The van der Waals surface area contributed by atoms with E-state index in [4.69, 9.17) is 0 Å². The minimum atomic E-state index is -0.127. The second kappa shape index (κ2) is 7.92. The van der Waals surface area contributed by atoms with E-state index in [-0.39, 0.29) is 23.9 Å². The van der Waals surface area contributed by atoms with Gasteiger partial charge in [-0.2, -0.15) is 0 Å². The van der Waals surface area contributed by atoms with Crippen LogP contribution in [0.3, 0.4) is 0 Å². The van der Waals surface area contributed by atoms with Crippen molar-refractivity contribution in [3.8, 4) is 0 Å². The summed E-state index contributed by atoms with van der Waals surface area (Å²) in [6.07, 6.45) is 2.42. The Morgan fingerprint density at radius 2 is 1.55 bits per heavy atom. The van der Waals surface area contributed by atoms with Crippen LogP contribution < -0.4 is 5.32 Å². The van der Waals surface area contributed by atoms with Gasteiger partial charge in [-0.05, 0) is 46.7 Å². The molecule has 2 heterocycles. The minimum Gasteiger partial charge on any atom is -0.353 e. The first-order valence-electron chi connectivity index (χ1n) is 8.52. The van der Waals surface area contributed by atoms with Crippen molar-refractivity contribution in [2.45, 2.75) is 45.7 Å². The van der Waals surface area contributed by atoms with E-state index in [1.165, 1.54) is 12.8 Å². The first-order chi connectivity index (χ1) is 10.5. The molecule has 0 aliphatic carbocycles. The molecule has 1 N–H and O–H groups in total. The fourth-order valence-corrected chi connectivity index (χ4v) is 3.16. The first kappa shape index (κ1) is 17.2. The molecule has 0 aromatic heterocycles. The number of piperazine rings is 1. The summed E-state index contributed by atoms with van der Waals surface area (Å²) in [6.45, 7) is 11.6. The van der Waals surface area contributed by atoms with Crippen LogP contribution in [0.2, 0.25) is 0 Å². The van der Waals surface area contributed by atoms with Gasteiger partial charge in [0.2, 0.25) is 11.8 Å². The third kappa shape index (κ3) is 4.68. The summed E-state index contributed by atoms with van der Waals surface area (Å²) in [5.74, 6) is 0.313. The predicted octanol–water partition coefficient (Wildman–Crippen LogP) is 0.140. The van der Waals surface area contributed by atoms with Crippen molar-refractivity contribution < 1.29 is 9.59 Å². The van der Waals surface area contributed by atoms with Crippen molar-refractivity contribution in [2.75, 3.05) is 45.8 Å². The standard InChI is InChI=1S/C16H30N4O2/c1-13(2)17-16(22)14(3)19-8-10-20(11-9-19)15(21)12-18-6-4-5-7-18/h13-14H,4-12H2,1-3H3,(H,17,22). The second-order valence-electron chi connectivity index (χ2n) is 6.74. The van der Waals surface area contributed by atoms with Gasteiger partial charge in [-0.3, -0.25) is 19.4 Å². The third-order valence-electron chi connectivity index (χ3n) is 4.58. The highest BCUT2D eigenvalue weighted by Gasteiger charge is 2.28. The van der Waals surface area contributed by atoms with E-state index in [0.717, 1.165) is 39.3 Å². The fourth-order valence-electron chi connectivity index (χ4n) is 3.16. The maximum Gasteiger partial charge on any atom is 0.237 e. The normalized spacial score (nSPS) is 22.1. The number of nitrogens with one attached hydrogen (secondary N) is 1. The number of amides is 2. The lowest BCUT2D eigenvalue weighted by atomic mass is 10.2. The van der Waals surface area contributed by atoms with Gasteiger partial charge >= 0.3 is 0 Å². The molecule has 0 spiro atoms. The van der Waals surface area contributed by atoms with Crippen molar-refractivity contribution in [3.05, 3.63) is 0 Å². The zero-order valence-corrected chi connectivity index (χ0v) is 14.2.